The molecule has 124 valence electrons. The van der Waals surface area contributed by atoms with Crippen molar-refractivity contribution in [3.63, 3.8) is 0 Å². The molecule has 24 heavy (non-hydrogen) atoms. The second-order valence-corrected chi connectivity index (χ2v) is 7.18. The fourth-order valence-electron chi connectivity index (χ4n) is 2.08. The molecule has 0 fully saturated rings. The summed E-state index contributed by atoms with van der Waals surface area (Å²) in [4.78, 5) is 16.1. The van der Waals surface area contributed by atoms with Crippen LogP contribution in [0, 0.1) is 11.3 Å². The standard InChI is InChI=1S/C15H12ClN3O4S/c1-23-15(20)11-12(18)10(7-17)14(24(2,21)22)19-13(11)8-3-5-9(16)6-4-8/h3-6H,1-2H3,(H2,18,19). The zero-order valence-electron chi connectivity index (χ0n) is 12.7. The number of methoxy groups -OCH3 is 1. The van der Waals surface area contributed by atoms with Gasteiger partial charge in [0.25, 0.3) is 0 Å². The molecule has 7 nitrogen and oxygen atoms in total. The number of hydrogen-bond acceptors (Lipinski definition) is 7. The van der Waals surface area contributed by atoms with E-state index < -0.39 is 26.4 Å². The summed E-state index contributed by atoms with van der Waals surface area (Å²) in [6.45, 7) is 0. The molecule has 2 rings (SSSR count). The zero-order valence-corrected chi connectivity index (χ0v) is 14.3. The molecule has 0 bridgehead atoms. The third kappa shape index (κ3) is 3.18. The van der Waals surface area contributed by atoms with Crippen molar-refractivity contribution in [1.82, 2.24) is 4.98 Å². The van der Waals surface area contributed by atoms with Crippen molar-refractivity contribution in [3.8, 4) is 17.3 Å². The first-order valence-electron chi connectivity index (χ1n) is 6.48. The molecule has 1 aromatic carbocycles. The van der Waals surface area contributed by atoms with E-state index in [0.717, 1.165) is 13.4 Å². The average molecular weight is 366 g/mol. The Labute approximate surface area is 143 Å². The van der Waals surface area contributed by atoms with E-state index in [2.05, 4.69) is 9.72 Å². The number of hydrogen-bond donors (Lipinski definition) is 1. The number of carbonyl (C=O) groups is 1. The second kappa shape index (κ2) is 6.47. The van der Waals surface area contributed by atoms with Crippen molar-refractivity contribution in [3.05, 3.63) is 40.4 Å². The van der Waals surface area contributed by atoms with Crippen molar-refractivity contribution in [1.29, 1.82) is 5.26 Å². The normalized spacial score (nSPS) is 10.9. The highest BCUT2D eigenvalue weighted by Gasteiger charge is 2.28. The highest BCUT2D eigenvalue weighted by atomic mass is 35.5. The molecular weight excluding hydrogens is 354 g/mol. The number of aromatic nitrogens is 1. The van der Waals surface area contributed by atoms with Gasteiger partial charge in [-0.05, 0) is 12.1 Å². The summed E-state index contributed by atoms with van der Waals surface area (Å²) >= 11 is 5.84. The summed E-state index contributed by atoms with van der Waals surface area (Å²) in [5, 5.41) is 9.18. The Morgan fingerprint density at radius 2 is 1.92 bits per heavy atom. The number of sulfone groups is 1. The monoisotopic (exact) mass is 365 g/mol. The lowest BCUT2D eigenvalue weighted by molar-refractivity contribution is 0.0602. The number of nitrogens with zero attached hydrogens (tertiary/aromatic N) is 2. The Bertz CT molecular complexity index is 964. The molecule has 0 aliphatic rings. The van der Waals surface area contributed by atoms with E-state index in [1.165, 1.54) is 0 Å². The summed E-state index contributed by atoms with van der Waals surface area (Å²) in [7, 11) is -2.70. The molecule has 0 aliphatic heterocycles. The largest absolute Gasteiger partial charge is 0.465 e. The minimum absolute atomic E-state index is 0.00422. The number of nitriles is 1. The maximum Gasteiger partial charge on any atom is 0.342 e. The number of rotatable bonds is 3. The Balaban J connectivity index is 2.96. The maximum absolute atomic E-state index is 12.1. The van der Waals surface area contributed by atoms with Crippen LogP contribution in [0.5, 0.6) is 0 Å². The van der Waals surface area contributed by atoms with Crippen LogP contribution in [0.15, 0.2) is 29.3 Å². The highest BCUT2D eigenvalue weighted by molar-refractivity contribution is 7.90. The lowest BCUT2D eigenvalue weighted by Crippen LogP contribution is -2.15. The van der Waals surface area contributed by atoms with Crippen molar-refractivity contribution >= 4 is 33.1 Å². The third-order valence-electron chi connectivity index (χ3n) is 3.17. The van der Waals surface area contributed by atoms with E-state index >= 15 is 0 Å². The summed E-state index contributed by atoms with van der Waals surface area (Å²) in [5.74, 6) is -0.832. The summed E-state index contributed by atoms with van der Waals surface area (Å²) in [5.41, 5.74) is 5.41. The van der Waals surface area contributed by atoms with Crippen LogP contribution in [0.2, 0.25) is 5.02 Å². The molecule has 9 heteroatoms. The zero-order chi connectivity index (χ0) is 18.1. The van der Waals surface area contributed by atoms with Crippen molar-refractivity contribution in [2.75, 3.05) is 19.1 Å². The van der Waals surface area contributed by atoms with E-state index in [1.54, 1.807) is 30.3 Å². The molecule has 0 spiro atoms. The average Bonchev–Trinajstić information content (AvgIpc) is 2.53. The molecule has 1 heterocycles. The molecular formula is C15H12ClN3O4S. The van der Waals surface area contributed by atoms with Crippen LogP contribution in [-0.2, 0) is 14.6 Å². The maximum atomic E-state index is 12.1. The highest BCUT2D eigenvalue weighted by Crippen LogP contribution is 2.33. The lowest BCUT2D eigenvalue weighted by atomic mass is 10.0. The molecule has 0 saturated heterocycles. The van der Waals surface area contributed by atoms with Gasteiger partial charge in [0.1, 0.15) is 17.2 Å². The van der Waals surface area contributed by atoms with Crippen LogP contribution in [0.25, 0.3) is 11.3 Å². The Hall–Kier alpha value is -2.63. The Kier molecular flexibility index (Phi) is 4.78. The summed E-state index contributed by atoms with van der Waals surface area (Å²) < 4.78 is 28.6. The number of esters is 1. The minimum Gasteiger partial charge on any atom is -0.465 e. The molecule has 0 unspecified atom stereocenters. The number of halogens is 1. The number of nitrogen functional groups attached to an aromatic ring is 1. The fraction of sp³-hybridized carbons (Fsp3) is 0.133. The van der Waals surface area contributed by atoms with E-state index in [0.29, 0.717) is 10.6 Å². The molecule has 0 radical (unpaired) electrons. The quantitative estimate of drug-likeness (QED) is 0.825. The van der Waals surface area contributed by atoms with Crippen molar-refractivity contribution < 1.29 is 17.9 Å². The van der Waals surface area contributed by atoms with E-state index in [1.807, 2.05) is 0 Å². The van der Waals surface area contributed by atoms with Crippen LogP contribution in [0.1, 0.15) is 15.9 Å². The lowest BCUT2D eigenvalue weighted by Gasteiger charge is -2.14. The first-order valence-corrected chi connectivity index (χ1v) is 8.75. The van der Waals surface area contributed by atoms with Gasteiger partial charge < -0.3 is 10.5 Å². The van der Waals surface area contributed by atoms with Gasteiger partial charge in [-0.2, -0.15) is 5.26 Å². The first-order chi connectivity index (χ1) is 11.2. The van der Waals surface area contributed by atoms with Crippen LogP contribution in [-0.4, -0.2) is 32.7 Å². The van der Waals surface area contributed by atoms with Gasteiger partial charge in [0, 0.05) is 16.8 Å². The van der Waals surface area contributed by atoms with Gasteiger partial charge in [0.05, 0.1) is 18.5 Å². The van der Waals surface area contributed by atoms with Crippen molar-refractivity contribution in [2.24, 2.45) is 0 Å². The SMILES string of the molecule is COC(=O)c1c(-c2ccc(Cl)cc2)nc(S(C)(=O)=O)c(C#N)c1N. The molecule has 0 saturated carbocycles. The van der Waals surface area contributed by atoms with Gasteiger partial charge in [-0.25, -0.2) is 18.2 Å². The molecule has 2 N–H and O–H groups in total. The predicted octanol–water partition coefficient (Wildman–Crippen LogP) is 2.05. The predicted molar refractivity (Wildman–Crippen MR) is 88.3 cm³/mol. The van der Waals surface area contributed by atoms with E-state index in [-0.39, 0.29) is 16.9 Å². The van der Waals surface area contributed by atoms with Crippen LogP contribution in [0.4, 0.5) is 5.69 Å². The summed E-state index contributed by atoms with van der Waals surface area (Å²) in [6.07, 6.45) is 0.902. The van der Waals surface area contributed by atoms with Crippen molar-refractivity contribution in [2.45, 2.75) is 5.03 Å². The van der Waals surface area contributed by atoms with Crippen LogP contribution < -0.4 is 5.73 Å². The van der Waals surface area contributed by atoms with Gasteiger partial charge in [-0.1, -0.05) is 23.7 Å². The third-order valence-corrected chi connectivity index (χ3v) is 4.42. The number of anilines is 1. The van der Waals surface area contributed by atoms with Crippen LogP contribution >= 0.6 is 11.6 Å². The Morgan fingerprint density at radius 1 is 1.33 bits per heavy atom. The fourth-order valence-corrected chi connectivity index (χ4v) is 2.99. The molecule has 1 aromatic heterocycles. The summed E-state index contributed by atoms with van der Waals surface area (Å²) in [6, 6.07) is 7.88. The number of carbonyl (C=O) groups excluding carboxylic acids is 1. The number of nitrogens with two attached hydrogens (primary N) is 1. The van der Waals surface area contributed by atoms with Crippen LogP contribution in [0.3, 0.4) is 0 Å². The van der Waals surface area contributed by atoms with E-state index in [9.17, 15) is 18.5 Å². The molecule has 2 aromatic rings. The second-order valence-electron chi connectivity index (χ2n) is 4.81. The van der Waals surface area contributed by atoms with Gasteiger partial charge in [0.15, 0.2) is 14.9 Å². The molecule has 0 aliphatic carbocycles. The smallest absolute Gasteiger partial charge is 0.342 e. The van der Waals surface area contributed by atoms with Gasteiger partial charge >= 0.3 is 5.97 Å². The topological polar surface area (TPSA) is 123 Å². The number of ether oxygens (including phenoxy) is 1. The minimum atomic E-state index is -3.85. The molecule has 0 amide bonds. The van der Waals surface area contributed by atoms with Gasteiger partial charge in [-0.3, -0.25) is 0 Å². The van der Waals surface area contributed by atoms with Gasteiger partial charge in [-0.15, -0.1) is 0 Å². The van der Waals surface area contributed by atoms with E-state index in [4.69, 9.17) is 17.3 Å². The first kappa shape index (κ1) is 17.7. The number of pyridine rings is 1. The van der Waals surface area contributed by atoms with Gasteiger partial charge in [0.2, 0.25) is 0 Å². The molecule has 0 atom stereocenters. The number of benzene rings is 1. The Morgan fingerprint density at radius 3 is 2.38 bits per heavy atom.